The molecule has 1 saturated carbocycles. The number of thiazole rings is 1. The van der Waals surface area contributed by atoms with Gasteiger partial charge in [0.05, 0.1) is 23.1 Å². The van der Waals surface area contributed by atoms with E-state index >= 15 is 0 Å². The van der Waals surface area contributed by atoms with Gasteiger partial charge in [0.2, 0.25) is 0 Å². The van der Waals surface area contributed by atoms with E-state index in [0.29, 0.717) is 24.3 Å². The van der Waals surface area contributed by atoms with E-state index in [1.54, 1.807) is 29.2 Å². The number of carboxylic acids is 1. The van der Waals surface area contributed by atoms with Crippen LogP contribution in [0.25, 0.3) is 11.1 Å². The van der Waals surface area contributed by atoms with Crippen LogP contribution in [0.5, 0.6) is 0 Å². The normalized spacial score (nSPS) is 15.1. The van der Waals surface area contributed by atoms with Crippen LogP contribution in [0.2, 0.25) is 0 Å². The number of aryl methyl sites for hydroxylation is 1. The van der Waals surface area contributed by atoms with E-state index in [0.717, 1.165) is 45.9 Å². The molecule has 1 aromatic heterocycles. The Morgan fingerprint density at radius 2 is 1.90 bits per heavy atom. The molecule has 2 N–H and O–H groups in total. The molecule has 0 spiro atoms. The summed E-state index contributed by atoms with van der Waals surface area (Å²) in [5.41, 5.74) is 6.06. The van der Waals surface area contributed by atoms with Crippen LogP contribution in [0.15, 0.2) is 54.2 Å². The van der Waals surface area contributed by atoms with Crippen molar-refractivity contribution in [3.63, 3.8) is 0 Å². The molecule has 0 radical (unpaired) electrons. The number of benzene rings is 2. The Morgan fingerprint density at radius 3 is 2.59 bits per heavy atom. The zero-order valence-electron chi connectivity index (χ0n) is 23.4. The number of nitrogens with zero attached hydrogens (tertiary/aromatic N) is 1. The molecule has 41 heavy (non-hydrogen) atoms. The molecular formula is C32H41LiN2O4S2. The number of thioether (sulfide) groups is 1. The van der Waals surface area contributed by atoms with Gasteiger partial charge in [0.25, 0.3) is 5.91 Å². The zero-order valence-corrected chi connectivity index (χ0v) is 25.1. The molecule has 0 aliphatic heterocycles. The van der Waals surface area contributed by atoms with E-state index in [-0.39, 0.29) is 30.9 Å². The number of carbonyl (C=O) groups excluding carboxylic acids is 1. The van der Waals surface area contributed by atoms with Crippen LogP contribution in [0.3, 0.4) is 0 Å². The molecule has 1 fully saturated rings. The number of nitrogens with one attached hydrogen (secondary N) is 1. The Balaban J connectivity index is 0.00000462. The summed E-state index contributed by atoms with van der Waals surface area (Å²) in [5, 5.41) is 12.4. The van der Waals surface area contributed by atoms with Crippen molar-refractivity contribution in [1.82, 2.24) is 10.3 Å². The molecule has 1 heterocycles. The first-order valence-electron chi connectivity index (χ1n) is 14.2. The molecule has 9 heteroatoms. The Kier molecular flexibility index (Phi) is 14.0. The number of aromatic nitrogens is 1. The predicted molar refractivity (Wildman–Crippen MR) is 171 cm³/mol. The number of hydrogen-bond acceptors (Lipinski definition) is 6. The maximum absolute atomic E-state index is 13.4. The van der Waals surface area contributed by atoms with E-state index in [4.69, 9.17) is 4.74 Å². The molecule has 1 aliphatic carbocycles. The van der Waals surface area contributed by atoms with Crippen LogP contribution in [-0.4, -0.2) is 58.9 Å². The number of hydrogen-bond donors (Lipinski definition) is 2. The van der Waals surface area contributed by atoms with Gasteiger partial charge in [0.15, 0.2) is 0 Å². The summed E-state index contributed by atoms with van der Waals surface area (Å²) in [6, 6.07) is 12.7. The molecule has 216 valence electrons. The van der Waals surface area contributed by atoms with Gasteiger partial charge in [-0.05, 0) is 78.5 Å². The first kappa shape index (κ1) is 33.4. The predicted octanol–water partition coefficient (Wildman–Crippen LogP) is 7.02. The van der Waals surface area contributed by atoms with Gasteiger partial charge < -0.3 is 15.2 Å². The van der Waals surface area contributed by atoms with Crippen LogP contribution in [0.1, 0.15) is 83.8 Å². The van der Waals surface area contributed by atoms with Gasteiger partial charge in [-0.25, -0.2) is 4.79 Å². The number of carbonyl (C=O) groups is 2. The third-order valence-electron chi connectivity index (χ3n) is 7.76. The monoisotopic (exact) mass is 588 g/mol. The summed E-state index contributed by atoms with van der Waals surface area (Å²) >= 11 is 3.20. The van der Waals surface area contributed by atoms with Crippen LogP contribution in [0, 0.1) is 12.8 Å². The van der Waals surface area contributed by atoms with Gasteiger partial charge in [-0.1, -0.05) is 62.4 Å². The number of ether oxygens (including phenoxy) is 1. The number of rotatable bonds is 14. The van der Waals surface area contributed by atoms with Crippen molar-refractivity contribution in [3.05, 3.63) is 75.7 Å². The Hall–Kier alpha value is -2.08. The fraction of sp³-hybridized carbons (Fsp3) is 0.469. The van der Waals surface area contributed by atoms with Crippen molar-refractivity contribution in [3.8, 4) is 11.1 Å². The standard InChI is InChI=1S/C32H40N2O4S2.Li.H/c1-22-8-6-7-11-25(22)27-18-24(12-14-26(27)31(35)34-28(32(36)37)16-17-39-2)20-38-29(30-19-33-21-40-30)15-13-23-9-4-3-5-10-23;;/h6-8,11-12,14,18-19,21,23,28-29H,3-5,9-10,13,15-17,20H2,1-2H3,(H,34,35)(H,36,37);;/t28-,29?;;/m0../s1. The first-order chi connectivity index (χ1) is 19.5. The van der Waals surface area contributed by atoms with Gasteiger partial charge in [-0.2, -0.15) is 11.8 Å². The number of aliphatic carboxylic acids is 1. The van der Waals surface area contributed by atoms with Crippen molar-refractivity contribution in [2.45, 2.75) is 77.0 Å². The van der Waals surface area contributed by atoms with Gasteiger partial charge in [0, 0.05) is 11.8 Å². The molecule has 1 aliphatic rings. The zero-order chi connectivity index (χ0) is 28.3. The molecule has 0 saturated heterocycles. The van der Waals surface area contributed by atoms with Crippen LogP contribution in [0.4, 0.5) is 0 Å². The van der Waals surface area contributed by atoms with Gasteiger partial charge >= 0.3 is 24.8 Å². The molecule has 2 atom stereocenters. The molecule has 3 aromatic rings. The molecule has 1 amide bonds. The molecular weight excluding hydrogens is 547 g/mol. The molecule has 6 nitrogen and oxygen atoms in total. The van der Waals surface area contributed by atoms with Crippen molar-refractivity contribution >= 4 is 53.8 Å². The third-order valence-corrected chi connectivity index (χ3v) is 9.27. The van der Waals surface area contributed by atoms with E-state index in [2.05, 4.69) is 10.3 Å². The summed E-state index contributed by atoms with van der Waals surface area (Å²) in [5.74, 6) is 0.0325. The summed E-state index contributed by atoms with van der Waals surface area (Å²) < 4.78 is 6.52. The minimum atomic E-state index is -1.02. The van der Waals surface area contributed by atoms with E-state index in [1.165, 1.54) is 32.1 Å². The van der Waals surface area contributed by atoms with E-state index < -0.39 is 12.0 Å². The summed E-state index contributed by atoms with van der Waals surface area (Å²) in [7, 11) is 0. The second kappa shape index (κ2) is 17.1. The van der Waals surface area contributed by atoms with Crippen LogP contribution in [-0.2, 0) is 16.1 Å². The fourth-order valence-corrected chi connectivity index (χ4v) is 6.63. The quantitative estimate of drug-likeness (QED) is 0.197. The number of carboxylic acid groups (broad SMARTS) is 1. The Labute approximate surface area is 264 Å². The first-order valence-corrected chi connectivity index (χ1v) is 16.4. The second-order valence-corrected chi connectivity index (χ2v) is 12.5. The third kappa shape index (κ3) is 9.73. The Morgan fingerprint density at radius 1 is 1.12 bits per heavy atom. The summed E-state index contributed by atoms with van der Waals surface area (Å²) in [6.45, 7) is 2.43. The van der Waals surface area contributed by atoms with Crippen molar-refractivity contribution < 1.29 is 19.4 Å². The van der Waals surface area contributed by atoms with E-state index in [1.807, 2.05) is 61.3 Å². The molecule has 2 aromatic carbocycles. The van der Waals surface area contributed by atoms with Crippen molar-refractivity contribution in [2.75, 3.05) is 12.0 Å². The second-order valence-electron chi connectivity index (χ2n) is 10.6. The number of amides is 1. The summed E-state index contributed by atoms with van der Waals surface area (Å²) in [6.07, 6.45) is 13.0. The van der Waals surface area contributed by atoms with Crippen LogP contribution < -0.4 is 5.32 Å². The fourth-order valence-electron chi connectivity index (χ4n) is 5.46. The van der Waals surface area contributed by atoms with Gasteiger partial charge in [-0.15, -0.1) is 11.3 Å². The molecule has 1 unspecified atom stereocenters. The SMILES string of the molecule is CSCC[C@H](NC(=O)c1ccc(COC(CCC2CCCCC2)c2cncs2)cc1-c1ccccc1C)C(=O)O.[LiH]. The molecule has 0 bridgehead atoms. The van der Waals surface area contributed by atoms with Crippen LogP contribution >= 0.6 is 23.1 Å². The van der Waals surface area contributed by atoms with Crippen molar-refractivity contribution in [1.29, 1.82) is 0 Å². The average molecular weight is 589 g/mol. The van der Waals surface area contributed by atoms with Crippen molar-refractivity contribution in [2.24, 2.45) is 5.92 Å². The van der Waals surface area contributed by atoms with Gasteiger partial charge in [0.1, 0.15) is 6.04 Å². The molecule has 4 rings (SSSR count). The average Bonchev–Trinajstić information content (AvgIpc) is 3.51. The van der Waals surface area contributed by atoms with Gasteiger partial charge in [-0.3, -0.25) is 9.78 Å². The minimum absolute atomic E-state index is 0. The topological polar surface area (TPSA) is 88.5 Å². The summed E-state index contributed by atoms with van der Waals surface area (Å²) in [4.78, 5) is 30.6. The Bertz CT molecular complexity index is 1250. The van der Waals surface area contributed by atoms with E-state index in [9.17, 15) is 14.7 Å². The maximum atomic E-state index is 13.4.